The summed E-state index contributed by atoms with van der Waals surface area (Å²) in [6.07, 6.45) is 5.79. The molecule has 178 valence electrons. The van der Waals surface area contributed by atoms with Crippen LogP contribution in [-0.2, 0) is 16.0 Å². The molecule has 2 aliphatic rings. The molecule has 2 saturated heterocycles. The zero-order chi connectivity index (χ0) is 23.3. The van der Waals surface area contributed by atoms with Gasteiger partial charge in [-0.3, -0.25) is 4.79 Å². The van der Waals surface area contributed by atoms with Crippen LogP contribution in [-0.4, -0.2) is 78.7 Å². The van der Waals surface area contributed by atoms with Gasteiger partial charge in [-0.2, -0.15) is 0 Å². The number of nitrogens with zero attached hydrogens (tertiary/aromatic N) is 3. The van der Waals surface area contributed by atoms with Crippen LogP contribution in [0.25, 0.3) is 0 Å². The summed E-state index contributed by atoms with van der Waals surface area (Å²) in [5, 5.41) is 6.82. The average molecular weight is 448 g/mol. The van der Waals surface area contributed by atoms with Gasteiger partial charge in [0.1, 0.15) is 17.9 Å². The van der Waals surface area contributed by atoms with E-state index in [-0.39, 0.29) is 36.7 Å². The molecule has 9 nitrogen and oxygen atoms in total. The van der Waals surface area contributed by atoms with Gasteiger partial charge >= 0.3 is 6.09 Å². The highest BCUT2D eigenvalue weighted by Gasteiger charge is 2.45. The number of guanidine groups is 1. The Kier molecular flexibility index (Phi) is 7.69. The highest BCUT2D eigenvalue weighted by atomic mass is 16.6. The van der Waals surface area contributed by atoms with Gasteiger partial charge < -0.3 is 29.6 Å². The monoisotopic (exact) mass is 447 g/mol. The second kappa shape index (κ2) is 10.3. The van der Waals surface area contributed by atoms with Crippen molar-refractivity contribution in [2.45, 2.75) is 76.6 Å². The first-order valence-electron chi connectivity index (χ1n) is 11.4. The van der Waals surface area contributed by atoms with Crippen LogP contribution >= 0.6 is 0 Å². The fourth-order valence-corrected chi connectivity index (χ4v) is 4.30. The van der Waals surface area contributed by atoms with Gasteiger partial charge in [-0.15, -0.1) is 0 Å². The maximum atomic E-state index is 12.7. The standard InChI is InChI=1S/C23H37N5O4/c1-23(2,3)32-22(30)28-17-8-9-18(28)14-16(13-17)26-21(25-15-20(29)27(4)5)24-11-10-19-7-6-12-31-19/h6-7,12,16-18H,8-11,13-15H2,1-5H3,(H2,24,25,26). The summed E-state index contributed by atoms with van der Waals surface area (Å²) < 4.78 is 11.0. The number of rotatable bonds is 6. The number of furan rings is 1. The second-order valence-electron chi connectivity index (χ2n) is 9.79. The summed E-state index contributed by atoms with van der Waals surface area (Å²) in [6, 6.07) is 4.30. The summed E-state index contributed by atoms with van der Waals surface area (Å²) in [4.78, 5) is 32.7. The van der Waals surface area contributed by atoms with Crippen LogP contribution in [0.5, 0.6) is 0 Å². The van der Waals surface area contributed by atoms with Gasteiger partial charge in [0, 0.05) is 45.2 Å². The number of aliphatic imine (C=N–C) groups is 1. The minimum atomic E-state index is -0.498. The van der Waals surface area contributed by atoms with E-state index in [1.54, 1.807) is 20.4 Å². The van der Waals surface area contributed by atoms with Crippen LogP contribution < -0.4 is 10.6 Å². The maximum absolute atomic E-state index is 12.7. The molecule has 32 heavy (non-hydrogen) atoms. The van der Waals surface area contributed by atoms with E-state index < -0.39 is 5.60 Å². The van der Waals surface area contributed by atoms with Crippen molar-refractivity contribution in [1.82, 2.24) is 20.4 Å². The van der Waals surface area contributed by atoms with Gasteiger partial charge in [-0.1, -0.05) is 0 Å². The molecule has 2 amide bonds. The van der Waals surface area contributed by atoms with Crippen LogP contribution in [0.2, 0.25) is 0 Å². The molecule has 2 unspecified atom stereocenters. The molecule has 2 atom stereocenters. The van der Waals surface area contributed by atoms with Crippen molar-refractivity contribution in [2.24, 2.45) is 4.99 Å². The summed E-state index contributed by atoms with van der Waals surface area (Å²) in [7, 11) is 3.44. The molecule has 2 fully saturated rings. The number of carbonyl (C=O) groups excluding carboxylic acids is 2. The number of hydrogen-bond donors (Lipinski definition) is 2. The van der Waals surface area contributed by atoms with E-state index in [4.69, 9.17) is 9.15 Å². The highest BCUT2D eigenvalue weighted by Crippen LogP contribution is 2.36. The number of likely N-dealkylation sites (N-methyl/N-ethyl adjacent to an activating group) is 1. The summed E-state index contributed by atoms with van der Waals surface area (Å²) in [5.41, 5.74) is -0.498. The number of piperidine rings is 1. The lowest BCUT2D eigenvalue weighted by atomic mass is 9.98. The van der Waals surface area contributed by atoms with Gasteiger partial charge in [-0.05, 0) is 58.6 Å². The van der Waals surface area contributed by atoms with E-state index in [9.17, 15) is 9.59 Å². The minimum Gasteiger partial charge on any atom is -0.469 e. The van der Waals surface area contributed by atoms with Crippen LogP contribution in [0.1, 0.15) is 52.2 Å². The third kappa shape index (κ3) is 6.64. The van der Waals surface area contributed by atoms with Crippen molar-refractivity contribution in [3.8, 4) is 0 Å². The first-order chi connectivity index (χ1) is 15.1. The van der Waals surface area contributed by atoms with Crippen molar-refractivity contribution >= 4 is 18.0 Å². The van der Waals surface area contributed by atoms with Crippen LogP contribution in [0.3, 0.4) is 0 Å². The minimum absolute atomic E-state index is 0.0584. The van der Waals surface area contributed by atoms with E-state index in [0.29, 0.717) is 12.5 Å². The summed E-state index contributed by atoms with van der Waals surface area (Å²) >= 11 is 0. The molecule has 3 rings (SSSR count). The van der Waals surface area contributed by atoms with Crippen molar-refractivity contribution in [1.29, 1.82) is 0 Å². The number of ether oxygens (including phenoxy) is 1. The van der Waals surface area contributed by atoms with Crippen molar-refractivity contribution in [3.05, 3.63) is 24.2 Å². The largest absolute Gasteiger partial charge is 0.469 e. The first kappa shape index (κ1) is 23.9. The lowest BCUT2D eigenvalue weighted by Gasteiger charge is -2.40. The molecule has 2 bridgehead atoms. The smallest absolute Gasteiger partial charge is 0.410 e. The van der Waals surface area contributed by atoms with Crippen molar-refractivity contribution in [2.75, 3.05) is 27.2 Å². The maximum Gasteiger partial charge on any atom is 0.410 e. The molecular weight excluding hydrogens is 410 g/mol. The zero-order valence-corrected chi connectivity index (χ0v) is 19.9. The normalized spacial score (nSPS) is 23.1. The molecule has 9 heteroatoms. The topological polar surface area (TPSA) is 99.4 Å². The van der Waals surface area contributed by atoms with E-state index in [1.165, 1.54) is 4.90 Å². The molecule has 0 spiro atoms. The van der Waals surface area contributed by atoms with E-state index in [2.05, 4.69) is 15.6 Å². The molecule has 0 saturated carbocycles. The van der Waals surface area contributed by atoms with E-state index in [0.717, 1.165) is 37.9 Å². The SMILES string of the molecule is CN(C)C(=O)CN=C(NCCc1ccco1)NC1CC2CCC(C1)N2C(=O)OC(C)(C)C. The quantitative estimate of drug-likeness (QED) is 0.513. The number of nitrogens with one attached hydrogen (secondary N) is 2. The van der Waals surface area contributed by atoms with Crippen molar-refractivity contribution in [3.63, 3.8) is 0 Å². The fraction of sp³-hybridized carbons (Fsp3) is 0.696. The third-order valence-electron chi connectivity index (χ3n) is 5.79. The Bertz CT molecular complexity index is 786. The van der Waals surface area contributed by atoms with Crippen LogP contribution in [0, 0.1) is 0 Å². The molecule has 0 aliphatic carbocycles. The molecule has 0 radical (unpaired) electrons. The molecule has 0 aromatic carbocycles. The molecule has 3 heterocycles. The van der Waals surface area contributed by atoms with Gasteiger partial charge in [0.2, 0.25) is 5.91 Å². The summed E-state index contributed by atoms with van der Waals surface area (Å²) in [6.45, 7) is 6.40. The Balaban J connectivity index is 1.60. The molecule has 1 aromatic heterocycles. The molecular formula is C23H37N5O4. The number of amides is 2. The fourth-order valence-electron chi connectivity index (χ4n) is 4.30. The number of carbonyl (C=O) groups is 2. The van der Waals surface area contributed by atoms with Crippen LogP contribution in [0.4, 0.5) is 4.79 Å². The van der Waals surface area contributed by atoms with Crippen molar-refractivity contribution < 1.29 is 18.7 Å². The Hall–Kier alpha value is -2.71. The van der Waals surface area contributed by atoms with Gasteiger partial charge in [0.25, 0.3) is 0 Å². The predicted octanol–water partition coefficient (Wildman–Crippen LogP) is 2.38. The van der Waals surface area contributed by atoms with Gasteiger partial charge in [0.05, 0.1) is 6.26 Å². The number of fused-ring (bicyclic) bond motifs is 2. The Morgan fingerprint density at radius 1 is 1.25 bits per heavy atom. The number of hydrogen-bond acceptors (Lipinski definition) is 5. The van der Waals surface area contributed by atoms with Gasteiger partial charge in [-0.25, -0.2) is 9.79 Å². The molecule has 2 aliphatic heterocycles. The first-order valence-corrected chi connectivity index (χ1v) is 11.4. The zero-order valence-electron chi connectivity index (χ0n) is 19.9. The lowest BCUT2D eigenvalue weighted by molar-refractivity contribution is -0.127. The third-order valence-corrected chi connectivity index (χ3v) is 5.79. The molecule has 1 aromatic rings. The second-order valence-corrected chi connectivity index (χ2v) is 9.79. The van der Waals surface area contributed by atoms with Crippen LogP contribution in [0.15, 0.2) is 27.8 Å². The summed E-state index contributed by atoms with van der Waals surface area (Å²) in [5.74, 6) is 1.45. The molecule has 2 N–H and O–H groups in total. The Labute approximate surface area is 190 Å². The van der Waals surface area contributed by atoms with Gasteiger partial charge in [0.15, 0.2) is 5.96 Å². The Morgan fingerprint density at radius 2 is 1.94 bits per heavy atom. The Morgan fingerprint density at radius 3 is 2.50 bits per heavy atom. The van der Waals surface area contributed by atoms with E-state index >= 15 is 0 Å². The highest BCUT2D eigenvalue weighted by molar-refractivity contribution is 5.85. The van der Waals surface area contributed by atoms with E-state index in [1.807, 2.05) is 37.8 Å². The average Bonchev–Trinajstić information content (AvgIpc) is 3.30. The lowest BCUT2D eigenvalue weighted by Crippen LogP contribution is -2.55. The predicted molar refractivity (Wildman–Crippen MR) is 122 cm³/mol.